The van der Waals surface area contributed by atoms with Crippen LogP contribution in [-0.2, 0) is 0 Å². The highest BCUT2D eigenvalue weighted by Crippen LogP contribution is 2.33. The second-order valence-corrected chi connectivity index (χ2v) is 6.41. The first-order valence-corrected chi connectivity index (χ1v) is 8.76. The van der Waals surface area contributed by atoms with E-state index in [1.165, 1.54) is 5.56 Å². The third kappa shape index (κ3) is 3.31. The van der Waals surface area contributed by atoms with E-state index < -0.39 is 0 Å². The lowest BCUT2D eigenvalue weighted by Gasteiger charge is -2.03. The molecule has 0 unspecified atom stereocenters. The smallest absolute Gasteiger partial charge is 0.187 e. The summed E-state index contributed by atoms with van der Waals surface area (Å²) in [5.74, 6) is 1.47. The summed E-state index contributed by atoms with van der Waals surface area (Å²) in [6.07, 6.45) is 0. The van der Waals surface area contributed by atoms with Crippen molar-refractivity contribution in [2.24, 2.45) is 10.2 Å². The maximum absolute atomic E-state index is 5.27. The van der Waals surface area contributed by atoms with E-state index in [0.717, 1.165) is 39.9 Å². The fourth-order valence-electron chi connectivity index (χ4n) is 3.01. The van der Waals surface area contributed by atoms with E-state index in [1.807, 2.05) is 53.8 Å². The van der Waals surface area contributed by atoms with Gasteiger partial charge in [-0.1, -0.05) is 42.0 Å². The van der Waals surface area contributed by atoms with E-state index >= 15 is 0 Å². The average Bonchev–Trinajstić information content (AvgIpc) is 3.07. The van der Waals surface area contributed by atoms with Crippen LogP contribution in [0.5, 0.6) is 5.75 Å². The summed E-state index contributed by atoms with van der Waals surface area (Å²) < 4.78 is 7.29. The fourth-order valence-corrected chi connectivity index (χ4v) is 3.01. The number of methoxy groups -OCH3 is 1. The minimum atomic E-state index is 0.717. The van der Waals surface area contributed by atoms with E-state index in [0.29, 0.717) is 0 Å². The number of rotatable bonds is 4. The number of imidazole rings is 1. The summed E-state index contributed by atoms with van der Waals surface area (Å²) in [6, 6.07) is 21.8. The summed E-state index contributed by atoms with van der Waals surface area (Å²) in [5, 5.41) is 9.01. The Morgan fingerprint density at radius 3 is 2.44 bits per heavy atom. The van der Waals surface area contributed by atoms with Crippen molar-refractivity contribution in [3.05, 3.63) is 78.0 Å². The molecule has 4 rings (SSSR count). The number of aromatic nitrogens is 2. The van der Waals surface area contributed by atoms with Crippen LogP contribution in [0, 0.1) is 13.8 Å². The Bertz CT molecular complexity index is 1130. The molecule has 0 bridgehead atoms. The predicted molar refractivity (Wildman–Crippen MR) is 107 cm³/mol. The number of nitrogens with zero attached hydrogens (tertiary/aromatic N) is 4. The summed E-state index contributed by atoms with van der Waals surface area (Å²) in [7, 11) is 1.64. The van der Waals surface area contributed by atoms with Crippen molar-refractivity contribution >= 4 is 17.2 Å². The lowest BCUT2D eigenvalue weighted by molar-refractivity contribution is 0.415. The van der Waals surface area contributed by atoms with Gasteiger partial charge in [0.25, 0.3) is 0 Å². The highest BCUT2D eigenvalue weighted by molar-refractivity contribution is 5.75. The highest BCUT2D eigenvalue weighted by atomic mass is 16.5. The van der Waals surface area contributed by atoms with Crippen molar-refractivity contribution < 1.29 is 4.74 Å². The molecule has 0 spiro atoms. The minimum Gasteiger partial charge on any atom is -0.497 e. The third-order valence-corrected chi connectivity index (χ3v) is 4.45. The summed E-state index contributed by atoms with van der Waals surface area (Å²) in [4.78, 5) is 4.80. The van der Waals surface area contributed by atoms with Gasteiger partial charge in [-0.05, 0) is 38.1 Å². The first kappa shape index (κ1) is 17.0. The number of benzene rings is 2. The van der Waals surface area contributed by atoms with Gasteiger partial charge in [0.05, 0.1) is 12.8 Å². The number of ether oxygens (including phenoxy) is 1. The van der Waals surface area contributed by atoms with Gasteiger partial charge in [0.1, 0.15) is 17.1 Å². The van der Waals surface area contributed by atoms with Gasteiger partial charge in [-0.25, -0.2) is 4.98 Å². The van der Waals surface area contributed by atoms with Gasteiger partial charge in [-0.2, -0.15) is 0 Å². The van der Waals surface area contributed by atoms with E-state index in [2.05, 4.69) is 41.4 Å². The second-order valence-electron chi connectivity index (χ2n) is 6.41. The first-order chi connectivity index (χ1) is 13.2. The van der Waals surface area contributed by atoms with Crippen LogP contribution >= 0.6 is 0 Å². The Balaban J connectivity index is 1.87. The average molecular weight is 356 g/mol. The van der Waals surface area contributed by atoms with Crippen molar-refractivity contribution in [3.63, 3.8) is 0 Å². The summed E-state index contributed by atoms with van der Waals surface area (Å²) in [6.45, 7) is 4.11. The van der Waals surface area contributed by atoms with Crippen molar-refractivity contribution in [2.45, 2.75) is 13.8 Å². The SMILES string of the molecule is COc1cccc(N=Nc2c(-c3ccc(C)cc3)nc3cccc(C)n23)c1. The molecule has 0 aliphatic carbocycles. The third-order valence-electron chi connectivity index (χ3n) is 4.45. The zero-order valence-corrected chi connectivity index (χ0v) is 15.5. The van der Waals surface area contributed by atoms with E-state index in [-0.39, 0.29) is 0 Å². The molecule has 2 heterocycles. The van der Waals surface area contributed by atoms with Gasteiger partial charge in [-0.3, -0.25) is 4.40 Å². The van der Waals surface area contributed by atoms with Gasteiger partial charge in [0.15, 0.2) is 5.82 Å². The van der Waals surface area contributed by atoms with Crippen LogP contribution in [-0.4, -0.2) is 16.5 Å². The quantitative estimate of drug-likeness (QED) is 0.418. The summed E-state index contributed by atoms with van der Waals surface area (Å²) in [5.41, 5.74) is 5.67. The Kier molecular flexibility index (Phi) is 4.42. The molecule has 0 aliphatic rings. The number of aryl methyl sites for hydroxylation is 2. The number of hydrogen-bond donors (Lipinski definition) is 0. The topological polar surface area (TPSA) is 51.2 Å². The Labute approximate surface area is 158 Å². The normalized spacial score (nSPS) is 11.4. The largest absolute Gasteiger partial charge is 0.497 e. The van der Waals surface area contributed by atoms with Crippen molar-refractivity contribution in [3.8, 4) is 17.0 Å². The van der Waals surface area contributed by atoms with Crippen molar-refractivity contribution in [1.29, 1.82) is 0 Å². The molecule has 0 saturated carbocycles. The van der Waals surface area contributed by atoms with Crippen LogP contribution in [0.2, 0.25) is 0 Å². The van der Waals surface area contributed by atoms with Gasteiger partial charge in [0, 0.05) is 17.3 Å². The first-order valence-electron chi connectivity index (χ1n) is 8.76. The Morgan fingerprint density at radius 2 is 1.67 bits per heavy atom. The number of pyridine rings is 1. The minimum absolute atomic E-state index is 0.717. The molecule has 0 atom stereocenters. The molecule has 0 saturated heterocycles. The second kappa shape index (κ2) is 7.03. The van der Waals surface area contributed by atoms with Crippen molar-refractivity contribution in [1.82, 2.24) is 9.38 Å². The highest BCUT2D eigenvalue weighted by Gasteiger charge is 2.15. The number of hydrogen-bond acceptors (Lipinski definition) is 4. The molecule has 0 radical (unpaired) electrons. The molecule has 5 heteroatoms. The maximum Gasteiger partial charge on any atom is 0.187 e. The predicted octanol–water partition coefficient (Wildman–Crippen LogP) is 6.04. The van der Waals surface area contributed by atoms with Crippen molar-refractivity contribution in [2.75, 3.05) is 7.11 Å². The Morgan fingerprint density at radius 1 is 0.889 bits per heavy atom. The fraction of sp³-hybridized carbons (Fsp3) is 0.136. The van der Waals surface area contributed by atoms with Crippen LogP contribution in [0.1, 0.15) is 11.3 Å². The maximum atomic E-state index is 5.27. The van der Waals surface area contributed by atoms with Gasteiger partial charge >= 0.3 is 0 Å². The number of azo groups is 1. The van der Waals surface area contributed by atoms with Gasteiger partial charge in [0.2, 0.25) is 0 Å². The number of fused-ring (bicyclic) bond motifs is 1. The molecule has 134 valence electrons. The molecule has 0 aliphatic heterocycles. The van der Waals surface area contributed by atoms with Gasteiger partial charge in [-0.15, -0.1) is 10.2 Å². The molecule has 0 fully saturated rings. The molecule has 27 heavy (non-hydrogen) atoms. The van der Waals surface area contributed by atoms with E-state index in [1.54, 1.807) is 7.11 Å². The van der Waals surface area contributed by atoms with Gasteiger partial charge < -0.3 is 4.74 Å². The molecule has 0 amide bonds. The zero-order valence-electron chi connectivity index (χ0n) is 15.5. The van der Waals surface area contributed by atoms with Crippen LogP contribution in [0.3, 0.4) is 0 Å². The Hall–Kier alpha value is -3.47. The molecular formula is C22H20N4O. The molecule has 5 nitrogen and oxygen atoms in total. The lowest BCUT2D eigenvalue weighted by Crippen LogP contribution is -1.89. The van der Waals surface area contributed by atoms with Crippen LogP contribution < -0.4 is 4.74 Å². The molecule has 2 aromatic heterocycles. The standard InChI is InChI=1S/C22H20N4O/c1-15-10-12-17(13-11-15)21-22(26-16(2)6-4-9-20(26)23-21)25-24-18-7-5-8-19(14-18)27-3/h4-14H,1-3H3. The van der Waals surface area contributed by atoms with Crippen LogP contribution in [0.4, 0.5) is 11.5 Å². The van der Waals surface area contributed by atoms with E-state index in [9.17, 15) is 0 Å². The molecule has 2 aromatic carbocycles. The summed E-state index contributed by atoms with van der Waals surface area (Å²) >= 11 is 0. The van der Waals surface area contributed by atoms with Crippen LogP contribution in [0.15, 0.2) is 77.0 Å². The monoisotopic (exact) mass is 356 g/mol. The molecular weight excluding hydrogens is 336 g/mol. The molecule has 4 aromatic rings. The molecule has 0 N–H and O–H groups in total. The van der Waals surface area contributed by atoms with E-state index in [4.69, 9.17) is 9.72 Å². The lowest BCUT2D eigenvalue weighted by atomic mass is 10.1. The zero-order chi connectivity index (χ0) is 18.8. The van der Waals surface area contributed by atoms with Crippen LogP contribution in [0.25, 0.3) is 16.9 Å².